The van der Waals surface area contributed by atoms with Crippen molar-refractivity contribution in [2.24, 2.45) is 0 Å². The predicted octanol–water partition coefficient (Wildman–Crippen LogP) is 6.86. The zero-order valence-corrected chi connectivity index (χ0v) is 15.8. The molecule has 0 heterocycles. The summed E-state index contributed by atoms with van der Waals surface area (Å²) in [5, 5.41) is 9.20. The van der Waals surface area contributed by atoms with Crippen LogP contribution in [0.15, 0.2) is 42.5 Å². The molecule has 0 N–H and O–H groups in total. The van der Waals surface area contributed by atoms with Crippen molar-refractivity contribution in [1.82, 2.24) is 0 Å². The number of hydrogen-bond donors (Lipinski definition) is 0. The van der Waals surface area contributed by atoms with Crippen molar-refractivity contribution >= 4 is 0 Å². The second kappa shape index (κ2) is 10.6. The van der Waals surface area contributed by atoms with Crippen LogP contribution in [0.2, 0.25) is 0 Å². The third-order valence-electron chi connectivity index (χ3n) is 4.62. The summed E-state index contributed by atoms with van der Waals surface area (Å²) >= 11 is 0. The van der Waals surface area contributed by atoms with E-state index >= 15 is 0 Å². The van der Waals surface area contributed by atoms with Crippen molar-refractivity contribution in [3.8, 4) is 22.9 Å². The van der Waals surface area contributed by atoms with E-state index in [9.17, 15) is 9.65 Å². The Hall–Kier alpha value is -2.34. The molecule has 2 aromatic rings. The molecule has 2 aromatic carbocycles. The topological polar surface area (TPSA) is 33.0 Å². The molecular weight excluding hydrogens is 325 g/mol. The lowest BCUT2D eigenvalue weighted by molar-refractivity contribution is 0.290. The highest BCUT2D eigenvalue weighted by molar-refractivity contribution is 5.69. The standard InChI is InChI=1S/C23H28FNO/c1-3-4-5-6-7-10-15-26-23-14-13-19(16-22(23)24)21-12-9-8-11-20(21)18(2)17-25/h8-9,11-14,16,18H,3-7,10,15H2,1-2H3. The first-order chi connectivity index (χ1) is 12.7. The van der Waals surface area contributed by atoms with Gasteiger partial charge in [-0.3, -0.25) is 0 Å². The highest BCUT2D eigenvalue weighted by Gasteiger charge is 2.13. The van der Waals surface area contributed by atoms with Crippen LogP contribution in [0.1, 0.15) is 63.9 Å². The number of halogens is 1. The Balaban J connectivity index is 1.99. The van der Waals surface area contributed by atoms with Gasteiger partial charge in [0.2, 0.25) is 0 Å². The molecule has 0 saturated heterocycles. The SMILES string of the molecule is CCCCCCCCOc1ccc(-c2ccccc2C(C)C#N)cc1F. The Bertz CT molecular complexity index is 735. The van der Waals surface area contributed by atoms with Gasteiger partial charge < -0.3 is 4.74 Å². The lowest BCUT2D eigenvalue weighted by Crippen LogP contribution is -2.00. The lowest BCUT2D eigenvalue weighted by atomic mass is 9.92. The van der Waals surface area contributed by atoms with Crippen LogP contribution in [0.5, 0.6) is 5.75 Å². The summed E-state index contributed by atoms with van der Waals surface area (Å²) < 4.78 is 20.0. The fraction of sp³-hybridized carbons (Fsp3) is 0.435. The van der Waals surface area contributed by atoms with Gasteiger partial charge in [0.25, 0.3) is 0 Å². The van der Waals surface area contributed by atoms with E-state index in [-0.39, 0.29) is 11.7 Å². The maximum Gasteiger partial charge on any atom is 0.165 e. The largest absolute Gasteiger partial charge is 0.491 e. The van der Waals surface area contributed by atoms with Crippen LogP contribution in [0.25, 0.3) is 11.1 Å². The summed E-state index contributed by atoms with van der Waals surface area (Å²) in [5.41, 5.74) is 2.57. The van der Waals surface area contributed by atoms with Gasteiger partial charge in [-0.1, -0.05) is 69.4 Å². The average Bonchev–Trinajstić information content (AvgIpc) is 2.67. The quantitative estimate of drug-likeness (QED) is 0.437. The minimum Gasteiger partial charge on any atom is -0.491 e. The van der Waals surface area contributed by atoms with Crippen molar-refractivity contribution in [3.63, 3.8) is 0 Å². The molecule has 2 nitrogen and oxygen atoms in total. The van der Waals surface area contributed by atoms with Crippen molar-refractivity contribution in [1.29, 1.82) is 5.26 Å². The van der Waals surface area contributed by atoms with Gasteiger partial charge in [0.15, 0.2) is 11.6 Å². The minimum atomic E-state index is -0.354. The van der Waals surface area contributed by atoms with E-state index in [0.29, 0.717) is 12.4 Å². The third-order valence-corrected chi connectivity index (χ3v) is 4.62. The summed E-state index contributed by atoms with van der Waals surface area (Å²) in [6, 6.07) is 15.0. The zero-order valence-electron chi connectivity index (χ0n) is 15.8. The molecule has 1 unspecified atom stereocenters. The fourth-order valence-electron chi connectivity index (χ4n) is 3.06. The Morgan fingerprint density at radius 3 is 2.50 bits per heavy atom. The van der Waals surface area contributed by atoms with Gasteiger partial charge in [0, 0.05) is 0 Å². The monoisotopic (exact) mass is 353 g/mol. The molecule has 26 heavy (non-hydrogen) atoms. The van der Waals surface area contributed by atoms with Gasteiger partial charge in [-0.15, -0.1) is 0 Å². The molecule has 0 spiro atoms. The number of unbranched alkanes of at least 4 members (excludes halogenated alkanes) is 5. The zero-order chi connectivity index (χ0) is 18.8. The maximum absolute atomic E-state index is 14.4. The Morgan fingerprint density at radius 2 is 1.77 bits per heavy atom. The minimum absolute atomic E-state index is 0.238. The molecule has 1 atom stereocenters. The summed E-state index contributed by atoms with van der Waals surface area (Å²) in [6.45, 7) is 4.60. The maximum atomic E-state index is 14.4. The number of hydrogen-bond acceptors (Lipinski definition) is 2. The lowest BCUT2D eigenvalue weighted by Gasteiger charge is -2.13. The van der Waals surface area contributed by atoms with Crippen LogP contribution in [-0.2, 0) is 0 Å². The molecule has 2 rings (SSSR count). The number of rotatable bonds is 10. The van der Waals surface area contributed by atoms with Crippen molar-refractivity contribution in [2.45, 2.75) is 58.3 Å². The predicted molar refractivity (Wildman–Crippen MR) is 105 cm³/mol. The Labute approximate surface area is 156 Å². The molecule has 138 valence electrons. The molecule has 0 bridgehead atoms. The molecular formula is C23H28FNO. The summed E-state index contributed by atoms with van der Waals surface area (Å²) in [7, 11) is 0. The fourth-order valence-corrected chi connectivity index (χ4v) is 3.06. The molecule has 0 aliphatic carbocycles. The van der Waals surface area contributed by atoms with Crippen molar-refractivity contribution < 1.29 is 9.13 Å². The molecule has 0 aliphatic heterocycles. The van der Waals surface area contributed by atoms with Gasteiger partial charge in [0.1, 0.15) is 0 Å². The Kier molecular flexibility index (Phi) is 8.15. The summed E-state index contributed by atoms with van der Waals surface area (Å²) in [5.74, 6) is -0.293. The van der Waals surface area contributed by atoms with E-state index in [1.807, 2.05) is 37.3 Å². The third kappa shape index (κ3) is 5.59. The van der Waals surface area contributed by atoms with E-state index < -0.39 is 0 Å². The van der Waals surface area contributed by atoms with Gasteiger partial charge in [0.05, 0.1) is 18.6 Å². The van der Waals surface area contributed by atoms with Crippen LogP contribution >= 0.6 is 0 Å². The summed E-state index contributed by atoms with van der Waals surface area (Å²) in [4.78, 5) is 0. The van der Waals surface area contributed by atoms with Gasteiger partial charge in [-0.25, -0.2) is 4.39 Å². The first kappa shape index (κ1) is 20.0. The van der Waals surface area contributed by atoms with E-state index in [4.69, 9.17) is 4.74 Å². The summed E-state index contributed by atoms with van der Waals surface area (Å²) in [6.07, 6.45) is 7.08. The Morgan fingerprint density at radius 1 is 1.04 bits per heavy atom. The van der Waals surface area contributed by atoms with E-state index in [0.717, 1.165) is 29.5 Å². The second-order valence-electron chi connectivity index (χ2n) is 6.70. The van der Waals surface area contributed by atoms with Crippen LogP contribution in [0, 0.1) is 17.1 Å². The average molecular weight is 353 g/mol. The van der Waals surface area contributed by atoms with Crippen LogP contribution in [0.4, 0.5) is 4.39 Å². The van der Waals surface area contributed by atoms with E-state index in [1.165, 1.54) is 31.7 Å². The first-order valence-electron chi connectivity index (χ1n) is 9.58. The first-order valence-corrected chi connectivity index (χ1v) is 9.58. The van der Waals surface area contributed by atoms with Gasteiger partial charge >= 0.3 is 0 Å². The molecule has 0 amide bonds. The van der Waals surface area contributed by atoms with Crippen molar-refractivity contribution in [3.05, 3.63) is 53.8 Å². The van der Waals surface area contributed by atoms with E-state index in [1.54, 1.807) is 6.07 Å². The number of benzene rings is 2. The van der Waals surface area contributed by atoms with Crippen LogP contribution < -0.4 is 4.74 Å². The molecule has 0 aliphatic rings. The normalized spacial score (nSPS) is 11.8. The molecule has 0 aromatic heterocycles. The molecule has 3 heteroatoms. The number of nitrogens with zero attached hydrogens (tertiary/aromatic N) is 1. The highest BCUT2D eigenvalue weighted by Crippen LogP contribution is 2.31. The molecule has 0 saturated carbocycles. The number of ether oxygens (including phenoxy) is 1. The molecule has 0 fully saturated rings. The highest BCUT2D eigenvalue weighted by atomic mass is 19.1. The van der Waals surface area contributed by atoms with Gasteiger partial charge in [-0.2, -0.15) is 5.26 Å². The van der Waals surface area contributed by atoms with Crippen LogP contribution in [-0.4, -0.2) is 6.61 Å². The second-order valence-corrected chi connectivity index (χ2v) is 6.70. The van der Waals surface area contributed by atoms with Crippen LogP contribution in [0.3, 0.4) is 0 Å². The van der Waals surface area contributed by atoms with E-state index in [2.05, 4.69) is 13.0 Å². The number of nitriles is 1. The van der Waals surface area contributed by atoms with Gasteiger partial charge in [-0.05, 0) is 42.2 Å². The molecule has 0 radical (unpaired) electrons. The smallest absolute Gasteiger partial charge is 0.165 e. The van der Waals surface area contributed by atoms with Crippen molar-refractivity contribution in [2.75, 3.05) is 6.61 Å².